The van der Waals surface area contributed by atoms with Crippen molar-refractivity contribution < 1.29 is 14.6 Å². The molecule has 0 saturated carbocycles. The Morgan fingerprint density at radius 2 is 1.94 bits per heavy atom. The molecule has 1 aliphatic heterocycles. The molecule has 1 unspecified atom stereocenters. The maximum atomic E-state index is 10.9. The molecular formula is C13H16O3. The Morgan fingerprint density at radius 3 is 2.56 bits per heavy atom. The fraction of sp³-hybridized carbons (Fsp3) is 0.308. The van der Waals surface area contributed by atoms with Crippen LogP contribution in [0.2, 0.25) is 0 Å². The summed E-state index contributed by atoms with van der Waals surface area (Å²) in [6.07, 6.45) is 3.32. The van der Waals surface area contributed by atoms with Gasteiger partial charge in [-0.3, -0.25) is 0 Å². The highest BCUT2D eigenvalue weighted by molar-refractivity contribution is 5.83. The Labute approximate surface area is 95.4 Å². The van der Waals surface area contributed by atoms with Crippen molar-refractivity contribution in [1.29, 1.82) is 0 Å². The molecule has 0 aromatic heterocycles. The summed E-state index contributed by atoms with van der Waals surface area (Å²) in [4.78, 5) is 10.9. The standard InChI is InChI=1S/C11H10O3.C2H6/c1-11(10(12)13)7-6-8-4-2-3-5-9(8)14-11;1-2/h2-7H,1H3,(H,12,13);1-2H3. The summed E-state index contributed by atoms with van der Waals surface area (Å²) >= 11 is 0. The van der Waals surface area contributed by atoms with E-state index in [1.807, 2.05) is 32.0 Å². The Balaban J connectivity index is 0.000000606. The lowest BCUT2D eigenvalue weighted by Crippen LogP contribution is -2.40. The lowest BCUT2D eigenvalue weighted by Gasteiger charge is -2.27. The van der Waals surface area contributed by atoms with Crippen molar-refractivity contribution in [1.82, 2.24) is 0 Å². The Hall–Kier alpha value is -1.77. The van der Waals surface area contributed by atoms with Gasteiger partial charge in [-0.2, -0.15) is 0 Å². The zero-order chi connectivity index (χ0) is 12.2. The molecule has 0 radical (unpaired) electrons. The SMILES string of the molecule is CC.CC1(C(=O)O)C=Cc2ccccc2O1. The molecule has 0 saturated heterocycles. The van der Waals surface area contributed by atoms with Gasteiger partial charge in [0.25, 0.3) is 0 Å². The van der Waals surface area contributed by atoms with Gasteiger partial charge < -0.3 is 9.84 Å². The fourth-order valence-electron chi connectivity index (χ4n) is 1.34. The van der Waals surface area contributed by atoms with Gasteiger partial charge >= 0.3 is 5.97 Å². The van der Waals surface area contributed by atoms with E-state index in [2.05, 4.69) is 0 Å². The van der Waals surface area contributed by atoms with Crippen LogP contribution in [0, 0.1) is 0 Å². The van der Waals surface area contributed by atoms with Gasteiger partial charge in [0, 0.05) is 5.56 Å². The minimum atomic E-state index is -1.24. The first-order valence-electron chi connectivity index (χ1n) is 5.32. The van der Waals surface area contributed by atoms with Gasteiger partial charge in [0.15, 0.2) is 0 Å². The number of hydrogen-bond acceptors (Lipinski definition) is 2. The molecule has 2 rings (SSSR count). The van der Waals surface area contributed by atoms with Crippen molar-refractivity contribution in [3.05, 3.63) is 35.9 Å². The Kier molecular flexibility index (Phi) is 3.72. The highest BCUT2D eigenvalue weighted by Crippen LogP contribution is 2.30. The lowest BCUT2D eigenvalue weighted by atomic mass is 10.0. The van der Waals surface area contributed by atoms with Gasteiger partial charge in [0.1, 0.15) is 5.75 Å². The van der Waals surface area contributed by atoms with Crippen LogP contribution in [-0.4, -0.2) is 16.7 Å². The topological polar surface area (TPSA) is 46.5 Å². The first kappa shape index (κ1) is 12.3. The van der Waals surface area contributed by atoms with E-state index in [1.165, 1.54) is 6.92 Å². The van der Waals surface area contributed by atoms with E-state index in [0.29, 0.717) is 5.75 Å². The molecule has 3 nitrogen and oxygen atoms in total. The second kappa shape index (κ2) is 4.84. The maximum Gasteiger partial charge on any atom is 0.351 e. The van der Waals surface area contributed by atoms with E-state index < -0.39 is 11.6 Å². The third-order valence-corrected chi connectivity index (χ3v) is 2.25. The highest BCUT2D eigenvalue weighted by Gasteiger charge is 2.35. The monoisotopic (exact) mass is 220 g/mol. The average Bonchev–Trinajstić information content (AvgIpc) is 2.31. The van der Waals surface area contributed by atoms with E-state index in [4.69, 9.17) is 9.84 Å². The van der Waals surface area contributed by atoms with Gasteiger partial charge in [-0.1, -0.05) is 38.1 Å². The van der Waals surface area contributed by atoms with Crippen LogP contribution in [0.15, 0.2) is 30.3 Å². The molecule has 3 heteroatoms. The summed E-state index contributed by atoms with van der Waals surface area (Å²) in [5.74, 6) is -0.372. The maximum absolute atomic E-state index is 10.9. The summed E-state index contributed by atoms with van der Waals surface area (Å²) in [5, 5.41) is 8.95. The molecule has 1 aromatic rings. The van der Waals surface area contributed by atoms with Crippen molar-refractivity contribution in [2.45, 2.75) is 26.4 Å². The van der Waals surface area contributed by atoms with Crippen LogP contribution >= 0.6 is 0 Å². The molecule has 86 valence electrons. The van der Waals surface area contributed by atoms with Crippen LogP contribution in [0.25, 0.3) is 6.08 Å². The number of aliphatic carboxylic acids is 1. The molecule has 1 heterocycles. The van der Waals surface area contributed by atoms with Gasteiger partial charge in [-0.25, -0.2) is 4.79 Å². The fourth-order valence-corrected chi connectivity index (χ4v) is 1.34. The molecule has 16 heavy (non-hydrogen) atoms. The molecule has 0 spiro atoms. The molecule has 0 bridgehead atoms. The summed E-state index contributed by atoms with van der Waals surface area (Å²) in [5.41, 5.74) is -0.333. The second-order valence-corrected chi connectivity index (χ2v) is 3.39. The van der Waals surface area contributed by atoms with E-state index in [9.17, 15) is 4.79 Å². The molecule has 1 aliphatic rings. The van der Waals surface area contributed by atoms with Crippen LogP contribution in [-0.2, 0) is 4.79 Å². The van der Waals surface area contributed by atoms with Crippen molar-refractivity contribution in [3.8, 4) is 5.75 Å². The quantitative estimate of drug-likeness (QED) is 0.791. The zero-order valence-corrected chi connectivity index (χ0v) is 9.73. The zero-order valence-electron chi connectivity index (χ0n) is 9.73. The van der Waals surface area contributed by atoms with E-state index in [-0.39, 0.29) is 0 Å². The van der Waals surface area contributed by atoms with Crippen molar-refractivity contribution >= 4 is 12.0 Å². The molecule has 0 fully saturated rings. The number of carbonyl (C=O) groups is 1. The average molecular weight is 220 g/mol. The molecule has 1 N–H and O–H groups in total. The van der Waals surface area contributed by atoms with Crippen molar-refractivity contribution in [3.63, 3.8) is 0 Å². The molecule has 0 amide bonds. The van der Waals surface area contributed by atoms with E-state index in [0.717, 1.165) is 5.56 Å². The number of rotatable bonds is 1. The molecule has 1 aromatic carbocycles. The van der Waals surface area contributed by atoms with Crippen LogP contribution in [0.1, 0.15) is 26.3 Å². The second-order valence-electron chi connectivity index (χ2n) is 3.39. The van der Waals surface area contributed by atoms with Gasteiger partial charge in [-0.05, 0) is 19.1 Å². The smallest absolute Gasteiger partial charge is 0.351 e. The van der Waals surface area contributed by atoms with Gasteiger partial charge in [0.05, 0.1) is 0 Å². The number of carboxylic acid groups (broad SMARTS) is 1. The van der Waals surface area contributed by atoms with Crippen LogP contribution in [0.5, 0.6) is 5.75 Å². The number of carboxylic acids is 1. The number of benzene rings is 1. The van der Waals surface area contributed by atoms with Crippen LogP contribution in [0.3, 0.4) is 0 Å². The van der Waals surface area contributed by atoms with Crippen molar-refractivity contribution in [2.24, 2.45) is 0 Å². The Bertz CT molecular complexity index is 409. The summed E-state index contributed by atoms with van der Waals surface area (Å²) in [7, 11) is 0. The number of para-hydroxylation sites is 1. The molecule has 1 atom stereocenters. The number of hydrogen-bond donors (Lipinski definition) is 1. The minimum Gasteiger partial charge on any atom is -0.478 e. The van der Waals surface area contributed by atoms with Crippen molar-refractivity contribution in [2.75, 3.05) is 0 Å². The van der Waals surface area contributed by atoms with E-state index >= 15 is 0 Å². The van der Waals surface area contributed by atoms with Crippen LogP contribution < -0.4 is 4.74 Å². The summed E-state index contributed by atoms with van der Waals surface area (Å²) in [6, 6.07) is 7.35. The predicted octanol–water partition coefficient (Wildman–Crippen LogP) is 2.96. The first-order chi connectivity index (χ1) is 7.62. The van der Waals surface area contributed by atoms with Crippen LogP contribution in [0.4, 0.5) is 0 Å². The highest BCUT2D eigenvalue weighted by atomic mass is 16.5. The Morgan fingerprint density at radius 1 is 1.31 bits per heavy atom. The predicted molar refractivity (Wildman–Crippen MR) is 63.5 cm³/mol. The third kappa shape index (κ3) is 2.24. The third-order valence-electron chi connectivity index (χ3n) is 2.25. The number of fused-ring (bicyclic) bond motifs is 1. The first-order valence-corrected chi connectivity index (χ1v) is 5.32. The largest absolute Gasteiger partial charge is 0.478 e. The number of ether oxygens (including phenoxy) is 1. The lowest BCUT2D eigenvalue weighted by molar-refractivity contribution is -0.149. The van der Waals surface area contributed by atoms with Gasteiger partial charge in [-0.15, -0.1) is 0 Å². The molecular weight excluding hydrogens is 204 g/mol. The van der Waals surface area contributed by atoms with Gasteiger partial charge in [0.2, 0.25) is 5.60 Å². The summed E-state index contributed by atoms with van der Waals surface area (Å²) < 4.78 is 5.39. The van der Waals surface area contributed by atoms with E-state index in [1.54, 1.807) is 18.2 Å². The minimum absolute atomic E-state index is 0.611. The summed E-state index contributed by atoms with van der Waals surface area (Å²) in [6.45, 7) is 5.53. The normalized spacial score (nSPS) is 21.2. The molecule has 0 aliphatic carbocycles.